The summed E-state index contributed by atoms with van der Waals surface area (Å²) >= 11 is 1.25. The van der Waals surface area contributed by atoms with Gasteiger partial charge in [0.15, 0.2) is 22.5 Å². The van der Waals surface area contributed by atoms with Crippen molar-refractivity contribution in [2.45, 2.75) is 5.16 Å². The molecule has 11 heteroatoms. The molecule has 0 unspecified atom stereocenters. The monoisotopic (exact) mass is 533 g/mol. The molecule has 0 aliphatic carbocycles. The number of hydrogen-bond donors (Lipinski definition) is 1. The number of aromatic nitrogens is 3. The summed E-state index contributed by atoms with van der Waals surface area (Å²) in [6.07, 6.45) is 1.51. The minimum atomic E-state index is -0.302. The lowest BCUT2D eigenvalue weighted by Crippen LogP contribution is -2.20. The van der Waals surface area contributed by atoms with Crippen LogP contribution < -0.4 is 24.4 Å². The minimum Gasteiger partial charge on any atom is -0.497 e. The molecule has 0 saturated heterocycles. The van der Waals surface area contributed by atoms with Gasteiger partial charge in [0.05, 0.1) is 40.4 Å². The molecule has 10 nitrogen and oxygen atoms in total. The van der Waals surface area contributed by atoms with Crippen LogP contribution in [-0.2, 0) is 4.79 Å². The van der Waals surface area contributed by atoms with E-state index in [2.05, 4.69) is 20.7 Å². The molecule has 0 radical (unpaired) electrons. The fourth-order valence-electron chi connectivity index (χ4n) is 3.60. The quantitative estimate of drug-likeness (QED) is 0.174. The van der Waals surface area contributed by atoms with E-state index in [0.29, 0.717) is 28.0 Å². The number of hydrazone groups is 1. The normalized spacial score (nSPS) is 10.8. The van der Waals surface area contributed by atoms with Gasteiger partial charge in [0, 0.05) is 16.8 Å². The van der Waals surface area contributed by atoms with Crippen LogP contribution in [0.4, 0.5) is 0 Å². The molecule has 0 spiro atoms. The van der Waals surface area contributed by atoms with Crippen molar-refractivity contribution < 1.29 is 23.7 Å². The van der Waals surface area contributed by atoms with E-state index in [1.54, 1.807) is 34.5 Å². The van der Waals surface area contributed by atoms with Gasteiger partial charge in [-0.05, 0) is 60.7 Å². The van der Waals surface area contributed by atoms with Gasteiger partial charge in [-0.25, -0.2) is 5.43 Å². The molecule has 38 heavy (non-hydrogen) atoms. The van der Waals surface area contributed by atoms with Crippen LogP contribution in [-0.4, -0.2) is 61.1 Å². The molecule has 1 heterocycles. The fourth-order valence-corrected chi connectivity index (χ4v) is 4.35. The van der Waals surface area contributed by atoms with Crippen molar-refractivity contribution in [1.29, 1.82) is 0 Å². The van der Waals surface area contributed by atoms with Crippen molar-refractivity contribution in [3.05, 3.63) is 72.3 Å². The zero-order chi connectivity index (χ0) is 26.9. The van der Waals surface area contributed by atoms with Crippen molar-refractivity contribution in [3.63, 3.8) is 0 Å². The number of benzene rings is 3. The van der Waals surface area contributed by atoms with Gasteiger partial charge in [0.25, 0.3) is 5.91 Å². The Kier molecular flexibility index (Phi) is 8.83. The Hall–Kier alpha value is -4.51. The van der Waals surface area contributed by atoms with Crippen molar-refractivity contribution in [1.82, 2.24) is 20.2 Å². The third-order valence-electron chi connectivity index (χ3n) is 5.47. The van der Waals surface area contributed by atoms with E-state index in [-0.39, 0.29) is 11.7 Å². The van der Waals surface area contributed by atoms with Crippen LogP contribution in [0, 0.1) is 0 Å². The van der Waals surface area contributed by atoms with Crippen molar-refractivity contribution in [2.24, 2.45) is 5.10 Å². The molecule has 196 valence electrons. The highest BCUT2D eigenvalue weighted by Crippen LogP contribution is 2.31. The number of methoxy groups -OCH3 is 4. The first-order valence-corrected chi connectivity index (χ1v) is 12.5. The topological polar surface area (TPSA) is 109 Å². The zero-order valence-electron chi connectivity index (χ0n) is 21.4. The average molecular weight is 534 g/mol. The molecule has 0 fully saturated rings. The number of carbonyl (C=O) groups excluding carboxylic acids is 1. The number of carbonyl (C=O) groups is 1. The van der Waals surface area contributed by atoms with Gasteiger partial charge in [-0.1, -0.05) is 17.8 Å². The van der Waals surface area contributed by atoms with Gasteiger partial charge in [-0.2, -0.15) is 5.10 Å². The molecule has 0 atom stereocenters. The molecule has 1 amide bonds. The SMILES string of the molecule is COc1ccc(-c2nnc(SCC(=O)NN=Cc3cccc(OC)c3OC)n2-c2ccc(OC)cc2)cc1. The molecule has 0 aliphatic rings. The summed E-state index contributed by atoms with van der Waals surface area (Å²) in [4.78, 5) is 12.6. The highest BCUT2D eigenvalue weighted by molar-refractivity contribution is 7.99. The zero-order valence-corrected chi connectivity index (χ0v) is 22.2. The van der Waals surface area contributed by atoms with Crippen LogP contribution in [0.15, 0.2) is 77.0 Å². The van der Waals surface area contributed by atoms with Crippen LogP contribution in [0.3, 0.4) is 0 Å². The van der Waals surface area contributed by atoms with Crippen LogP contribution >= 0.6 is 11.8 Å². The van der Waals surface area contributed by atoms with E-state index in [4.69, 9.17) is 18.9 Å². The number of rotatable bonds is 11. The largest absolute Gasteiger partial charge is 0.497 e. The Bertz CT molecular complexity index is 1400. The lowest BCUT2D eigenvalue weighted by Gasteiger charge is -2.11. The number of thioether (sulfide) groups is 1. The van der Waals surface area contributed by atoms with E-state index in [1.807, 2.05) is 65.2 Å². The van der Waals surface area contributed by atoms with Crippen LogP contribution in [0.2, 0.25) is 0 Å². The molecular formula is C27H27N5O5S. The van der Waals surface area contributed by atoms with E-state index in [9.17, 15) is 4.79 Å². The molecule has 3 aromatic carbocycles. The molecule has 4 aromatic rings. The molecule has 0 saturated carbocycles. The van der Waals surface area contributed by atoms with E-state index in [0.717, 1.165) is 22.7 Å². The molecule has 0 bridgehead atoms. The maximum Gasteiger partial charge on any atom is 0.250 e. The number of amides is 1. The number of para-hydroxylation sites is 1. The molecule has 4 rings (SSSR count). The summed E-state index contributed by atoms with van der Waals surface area (Å²) < 4.78 is 23.1. The first-order valence-electron chi connectivity index (χ1n) is 11.5. The van der Waals surface area contributed by atoms with Gasteiger partial charge in [-0.3, -0.25) is 9.36 Å². The molecule has 1 aromatic heterocycles. The van der Waals surface area contributed by atoms with Gasteiger partial charge >= 0.3 is 0 Å². The lowest BCUT2D eigenvalue weighted by atomic mass is 10.2. The fraction of sp³-hybridized carbons (Fsp3) is 0.185. The summed E-state index contributed by atoms with van der Waals surface area (Å²) in [6.45, 7) is 0. The Labute approximate surface area is 224 Å². The van der Waals surface area contributed by atoms with E-state index < -0.39 is 0 Å². The summed E-state index contributed by atoms with van der Waals surface area (Å²) in [5, 5.41) is 13.4. The Morgan fingerprint density at radius 1 is 0.895 bits per heavy atom. The molecular weight excluding hydrogens is 506 g/mol. The van der Waals surface area contributed by atoms with Gasteiger partial charge in [0.2, 0.25) is 0 Å². The Morgan fingerprint density at radius 2 is 1.58 bits per heavy atom. The standard InChI is InChI=1S/C27H27N5O5S/c1-34-21-12-8-18(9-13-21)26-30-31-27(32(26)20-10-14-22(35-2)15-11-20)38-17-24(33)29-28-16-19-6-5-7-23(36-3)25(19)37-4/h5-16H,17H2,1-4H3,(H,29,33). The lowest BCUT2D eigenvalue weighted by molar-refractivity contribution is -0.118. The van der Waals surface area contributed by atoms with Crippen molar-refractivity contribution >= 4 is 23.9 Å². The minimum absolute atomic E-state index is 0.0729. The predicted molar refractivity (Wildman–Crippen MR) is 146 cm³/mol. The summed E-state index contributed by atoms with van der Waals surface area (Å²) in [5.74, 6) is 2.97. The average Bonchev–Trinajstić information content (AvgIpc) is 3.39. The van der Waals surface area contributed by atoms with Crippen LogP contribution in [0.5, 0.6) is 23.0 Å². The van der Waals surface area contributed by atoms with Crippen LogP contribution in [0.1, 0.15) is 5.56 Å². The first kappa shape index (κ1) is 26.6. The number of hydrogen-bond acceptors (Lipinski definition) is 9. The molecule has 0 aliphatic heterocycles. The first-order chi connectivity index (χ1) is 18.6. The highest BCUT2D eigenvalue weighted by atomic mass is 32.2. The summed E-state index contributed by atoms with van der Waals surface area (Å²) in [5.41, 5.74) is 4.89. The maximum atomic E-state index is 12.6. The van der Waals surface area contributed by atoms with Crippen molar-refractivity contribution in [3.8, 4) is 40.1 Å². The smallest absolute Gasteiger partial charge is 0.250 e. The van der Waals surface area contributed by atoms with E-state index in [1.165, 1.54) is 18.0 Å². The predicted octanol–water partition coefficient (Wildman–Crippen LogP) is 4.21. The van der Waals surface area contributed by atoms with E-state index >= 15 is 0 Å². The second kappa shape index (κ2) is 12.6. The van der Waals surface area contributed by atoms with Crippen LogP contribution in [0.25, 0.3) is 17.1 Å². The third kappa shape index (κ3) is 6.06. The van der Waals surface area contributed by atoms with Gasteiger partial charge in [-0.15, -0.1) is 10.2 Å². The Morgan fingerprint density at radius 3 is 2.21 bits per heavy atom. The van der Waals surface area contributed by atoms with Crippen molar-refractivity contribution in [2.75, 3.05) is 34.2 Å². The second-order valence-electron chi connectivity index (χ2n) is 7.73. The second-order valence-corrected chi connectivity index (χ2v) is 8.68. The number of nitrogens with zero attached hydrogens (tertiary/aromatic N) is 4. The molecule has 1 N–H and O–H groups in total. The third-order valence-corrected chi connectivity index (χ3v) is 6.40. The summed E-state index contributed by atoms with van der Waals surface area (Å²) in [7, 11) is 6.33. The summed E-state index contributed by atoms with van der Waals surface area (Å²) in [6, 6.07) is 20.5. The highest BCUT2D eigenvalue weighted by Gasteiger charge is 2.18. The van der Waals surface area contributed by atoms with Gasteiger partial charge < -0.3 is 18.9 Å². The number of nitrogens with one attached hydrogen (secondary N) is 1. The Balaban J connectivity index is 1.52. The number of ether oxygens (including phenoxy) is 4. The maximum absolute atomic E-state index is 12.6. The van der Waals surface area contributed by atoms with Gasteiger partial charge in [0.1, 0.15) is 11.5 Å².